The number of hydrogen-bond acceptors (Lipinski definition) is 4. The van der Waals surface area contributed by atoms with E-state index in [-0.39, 0.29) is 18.0 Å². The number of halogens is 2. The third-order valence-electron chi connectivity index (χ3n) is 5.57. The Morgan fingerprint density at radius 1 is 0.829 bits per heavy atom. The summed E-state index contributed by atoms with van der Waals surface area (Å²) in [5, 5.41) is 1.05. The van der Waals surface area contributed by atoms with E-state index in [9.17, 15) is 8.42 Å². The number of aryl methyl sites for hydroxylation is 2. The minimum atomic E-state index is -3.83. The van der Waals surface area contributed by atoms with Gasteiger partial charge in [-0.3, -0.25) is 4.99 Å². The Hall–Kier alpha value is -2.90. The number of nitrogens with zero attached hydrogens (tertiary/aromatic N) is 2. The van der Waals surface area contributed by atoms with Crippen LogP contribution in [0.25, 0.3) is 0 Å². The molecule has 0 aliphatic rings. The van der Waals surface area contributed by atoms with Crippen LogP contribution >= 0.6 is 23.2 Å². The van der Waals surface area contributed by atoms with Gasteiger partial charge in [0.2, 0.25) is 10.0 Å². The molecule has 3 aromatic carbocycles. The molecule has 0 aliphatic carbocycles. The van der Waals surface area contributed by atoms with Crippen molar-refractivity contribution < 1.29 is 12.8 Å². The molecule has 0 fully saturated rings. The summed E-state index contributed by atoms with van der Waals surface area (Å²) in [7, 11) is -3.83. The van der Waals surface area contributed by atoms with E-state index < -0.39 is 10.0 Å². The van der Waals surface area contributed by atoms with Gasteiger partial charge in [0.1, 0.15) is 11.5 Å². The summed E-state index contributed by atoms with van der Waals surface area (Å²) in [6.07, 6.45) is 1.63. The fourth-order valence-corrected chi connectivity index (χ4v) is 5.09. The molecular weight excluding hydrogens is 503 g/mol. The quantitative estimate of drug-likeness (QED) is 0.225. The van der Waals surface area contributed by atoms with Crippen molar-refractivity contribution in [3.8, 4) is 0 Å². The summed E-state index contributed by atoms with van der Waals surface area (Å²) in [5.41, 5.74) is 3.98. The second-order valence-electron chi connectivity index (χ2n) is 8.18. The first-order chi connectivity index (χ1) is 16.7. The van der Waals surface area contributed by atoms with Gasteiger partial charge in [0, 0.05) is 16.6 Å². The van der Waals surface area contributed by atoms with Crippen LogP contribution in [0.1, 0.15) is 28.2 Å². The highest BCUT2D eigenvalue weighted by atomic mass is 35.5. The van der Waals surface area contributed by atoms with Gasteiger partial charge in [-0.05, 0) is 91.2 Å². The topological polar surface area (TPSA) is 62.9 Å². The second kappa shape index (κ2) is 10.8. The Labute approximate surface area is 215 Å². The molecule has 0 atom stereocenters. The molecule has 5 nitrogen and oxygen atoms in total. The van der Waals surface area contributed by atoms with Crippen LogP contribution in [0.5, 0.6) is 0 Å². The standard InChI is InChI=1S/C27H24Cl2N2O3S/c1-19-3-10-24(15-20(19)2)30-16-25-11-12-26(34-25)18-31(17-21-4-6-22(28)7-5-21)35(32,33)27-13-8-23(29)9-14-27/h3-16H,17-18H2,1-2H3. The van der Waals surface area contributed by atoms with Gasteiger partial charge >= 0.3 is 0 Å². The van der Waals surface area contributed by atoms with Gasteiger partial charge in [-0.1, -0.05) is 41.4 Å². The molecule has 0 N–H and O–H groups in total. The average Bonchev–Trinajstić information content (AvgIpc) is 3.28. The van der Waals surface area contributed by atoms with Gasteiger partial charge in [-0.2, -0.15) is 4.31 Å². The molecule has 4 rings (SSSR count). The van der Waals surface area contributed by atoms with E-state index in [4.69, 9.17) is 27.6 Å². The molecule has 180 valence electrons. The Morgan fingerprint density at radius 2 is 1.49 bits per heavy atom. The lowest BCUT2D eigenvalue weighted by Crippen LogP contribution is -2.30. The Balaban J connectivity index is 1.58. The highest BCUT2D eigenvalue weighted by Gasteiger charge is 2.26. The molecule has 8 heteroatoms. The number of benzene rings is 3. The van der Waals surface area contributed by atoms with Crippen molar-refractivity contribution >= 4 is 45.1 Å². The van der Waals surface area contributed by atoms with E-state index in [0.717, 1.165) is 16.8 Å². The molecule has 0 aliphatic heterocycles. The van der Waals surface area contributed by atoms with E-state index in [2.05, 4.69) is 11.9 Å². The first-order valence-corrected chi connectivity index (χ1v) is 13.1. The molecule has 4 aromatic rings. The number of rotatable bonds is 8. The molecule has 0 spiro atoms. The van der Waals surface area contributed by atoms with Crippen LogP contribution in [-0.2, 0) is 23.1 Å². The van der Waals surface area contributed by atoms with Crippen LogP contribution in [0, 0.1) is 13.8 Å². The summed E-state index contributed by atoms with van der Waals surface area (Å²) in [6.45, 7) is 4.28. The number of hydrogen-bond donors (Lipinski definition) is 0. The summed E-state index contributed by atoms with van der Waals surface area (Å²) in [4.78, 5) is 4.63. The van der Waals surface area contributed by atoms with Crippen molar-refractivity contribution in [3.63, 3.8) is 0 Å². The number of sulfonamides is 1. The molecule has 35 heavy (non-hydrogen) atoms. The third kappa shape index (κ3) is 6.41. The Morgan fingerprint density at radius 3 is 2.14 bits per heavy atom. The predicted molar refractivity (Wildman–Crippen MR) is 141 cm³/mol. The lowest BCUT2D eigenvalue weighted by Gasteiger charge is -2.21. The minimum absolute atomic E-state index is 0.0467. The lowest BCUT2D eigenvalue weighted by molar-refractivity contribution is 0.357. The first-order valence-electron chi connectivity index (χ1n) is 10.9. The lowest BCUT2D eigenvalue weighted by atomic mass is 10.1. The second-order valence-corrected chi connectivity index (χ2v) is 11.0. The van der Waals surface area contributed by atoms with Gasteiger partial charge in [0.05, 0.1) is 23.3 Å². The maximum Gasteiger partial charge on any atom is 0.243 e. The van der Waals surface area contributed by atoms with Gasteiger partial charge in [-0.25, -0.2) is 8.42 Å². The van der Waals surface area contributed by atoms with Crippen molar-refractivity contribution in [2.75, 3.05) is 0 Å². The van der Waals surface area contributed by atoms with Crippen LogP contribution in [0.15, 0.2) is 93.2 Å². The van der Waals surface area contributed by atoms with Crippen LogP contribution in [0.2, 0.25) is 10.0 Å². The molecule has 0 saturated carbocycles. The fraction of sp³-hybridized carbons (Fsp3) is 0.148. The van der Waals surface area contributed by atoms with E-state index in [1.54, 1.807) is 54.7 Å². The molecule has 0 unspecified atom stereocenters. The maximum absolute atomic E-state index is 13.5. The van der Waals surface area contributed by atoms with Crippen molar-refractivity contribution in [2.45, 2.75) is 31.8 Å². The van der Waals surface area contributed by atoms with Crippen molar-refractivity contribution in [2.24, 2.45) is 4.99 Å². The minimum Gasteiger partial charge on any atom is -0.459 e. The Bertz CT molecular complexity index is 1440. The molecule has 0 radical (unpaired) electrons. The van der Waals surface area contributed by atoms with E-state index in [1.807, 2.05) is 25.1 Å². The summed E-state index contributed by atoms with van der Waals surface area (Å²) >= 11 is 12.0. The van der Waals surface area contributed by atoms with E-state index >= 15 is 0 Å². The smallest absolute Gasteiger partial charge is 0.243 e. The first kappa shape index (κ1) is 25.2. The van der Waals surface area contributed by atoms with Crippen LogP contribution in [-0.4, -0.2) is 18.9 Å². The zero-order valence-corrected chi connectivity index (χ0v) is 21.6. The third-order valence-corrected chi connectivity index (χ3v) is 7.88. The van der Waals surface area contributed by atoms with Gasteiger partial charge in [0.25, 0.3) is 0 Å². The van der Waals surface area contributed by atoms with Gasteiger partial charge < -0.3 is 4.42 Å². The molecule has 1 aromatic heterocycles. The van der Waals surface area contributed by atoms with Crippen LogP contribution in [0.4, 0.5) is 5.69 Å². The number of aliphatic imine (C=N–C) groups is 1. The molecular formula is C27H24Cl2N2O3S. The van der Waals surface area contributed by atoms with Gasteiger partial charge in [-0.15, -0.1) is 0 Å². The highest BCUT2D eigenvalue weighted by Crippen LogP contribution is 2.24. The average molecular weight is 527 g/mol. The summed E-state index contributed by atoms with van der Waals surface area (Å²) < 4.78 is 34.2. The van der Waals surface area contributed by atoms with E-state index in [0.29, 0.717) is 21.6 Å². The zero-order valence-electron chi connectivity index (χ0n) is 19.3. The zero-order chi connectivity index (χ0) is 25.0. The highest BCUT2D eigenvalue weighted by molar-refractivity contribution is 7.89. The largest absolute Gasteiger partial charge is 0.459 e. The summed E-state index contributed by atoms with van der Waals surface area (Å²) in [6, 6.07) is 22.7. The molecule has 0 amide bonds. The van der Waals surface area contributed by atoms with E-state index in [1.165, 1.54) is 22.0 Å². The van der Waals surface area contributed by atoms with Crippen molar-refractivity contribution in [1.29, 1.82) is 0 Å². The van der Waals surface area contributed by atoms with Crippen LogP contribution in [0.3, 0.4) is 0 Å². The van der Waals surface area contributed by atoms with Gasteiger partial charge in [0.15, 0.2) is 0 Å². The normalized spacial score (nSPS) is 12.0. The van der Waals surface area contributed by atoms with Crippen molar-refractivity contribution in [1.82, 2.24) is 4.31 Å². The molecule has 0 saturated heterocycles. The SMILES string of the molecule is Cc1ccc(N=Cc2ccc(CN(Cc3ccc(Cl)cc3)S(=O)(=O)c3ccc(Cl)cc3)o2)cc1C. The number of furan rings is 1. The fourth-order valence-electron chi connectivity index (χ4n) is 3.44. The van der Waals surface area contributed by atoms with Crippen LogP contribution < -0.4 is 0 Å². The maximum atomic E-state index is 13.5. The molecule has 0 bridgehead atoms. The Kier molecular flexibility index (Phi) is 7.77. The predicted octanol–water partition coefficient (Wildman–Crippen LogP) is 7.34. The van der Waals surface area contributed by atoms with Crippen molar-refractivity contribution in [3.05, 3.63) is 117 Å². The summed E-state index contributed by atoms with van der Waals surface area (Å²) in [5.74, 6) is 1.03. The molecule has 1 heterocycles. The monoisotopic (exact) mass is 526 g/mol.